The van der Waals surface area contributed by atoms with Gasteiger partial charge >= 0.3 is 0 Å². The van der Waals surface area contributed by atoms with Crippen molar-refractivity contribution in [3.8, 4) is 0 Å². The van der Waals surface area contributed by atoms with Gasteiger partial charge in [-0.1, -0.05) is 0 Å². The van der Waals surface area contributed by atoms with Crippen LogP contribution in [0.5, 0.6) is 0 Å². The summed E-state index contributed by atoms with van der Waals surface area (Å²) >= 11 is 0. The summed E-state index contributed by atoms with van der Waals surface area (Å²) in [4.78, 5) is 26.8. The van der Waals surface area contributed by atoms with Crippen molar-refractivity contribution in [2.24, 2.45) is 0 Å². The number of ether oxygens (including phenoxy) is 3. The second-order valence-corrected chi connectivity index (χ2v) is 6.88. The fourth-order valence-corrected chi connectivity index (χ4v) is 3.44. The summed E-state index contributed by atoms with van der Waals surface area (Å²) in [7, 11) is 1.58. The predicted octanol–water partition coefficient (Wildman–Crippen LogP) is 1.69. The lowest BCUT2D eigenvalue weighted by atomic mass is 10.0. The molecule has 0 bridgehead atoms. The van der Waals surface area contributed by atoms with E-state index in [2.05, 4.69) is 5.32 Å². The molecule has 0 aromatic carbocycles. The third-order valence-corrected chi connectivity index (χ3v) is 4.83. The summed E-state index contributed by atoms with van der Waals surface area (Å²) < 4.78 is 21.4. The summed E-state index contributed by atoms with van der Waals surface area (Å²) in [5.74, 6) is 0.662. The molecule has 2 saturated heterocycles. The van der Waals surface area contributed by atoms with Gasteiger partial charge in [0, 0.05) is 26.2 Å². The molecule has 2 fully saturated rings. The van der Waals surface area contributed by atoms with Gasteiger partial charge < -0.3 is 28.8 Å². The van der Waals surface area contributed by atoms with Gasteiger partial charge in [0.05, 0.1) is 19.6 Å². The highest BCUT2D eigenvalue weighted by molar-refractivity contribution is 5.92. The van der Waals surface area contributed by atoms with Crippen LogP contribution in [-0.4, -0.2) is 62.5 Å². The Hall–Kier alpha value is -1.90. The second kappa shape index (κ2) is 9.87. The summed E-state index contributed by atoms with van der Waals surface area (Å²) in [5.41, 5.74) is 0. The molecule has 0 aliphatic carbocycles. The smallest absolute Gasteiger partial charge is 0.289 e. The van der Waals surface area contributed by atoms with Crippen LogP contribution in [0.4, 0.5) is 0 Å². The summed E-state index contributed by atoms with van der Waals surface area (Å²) in [6, 6.07) is 3.39. The number of nitrogens with zero attached hydrogens (tertiary/aromatic N) is 1. The van der Waals surface area contributed by atoms with E-state index in [1.165, 1.54) is 0 Å². The van der Waals surface area contributed by atoms with Crippen molar-refractivity contribution < 1.29 is 28.2 Å². The van der Waals surface area contributed by atoms with Gasteiger partial charge in [0.25, 0.3) is 5.91 Å². The molecule has 27 heavy (non-hydrogen) atoms. The zero-order valence-electron chi connectivity index (χ0n) is 15.8. The maximum atomic E-state index is 12.8. The number of hydrogen-bond donors (Lipinski definition) is 1. The van der Waals surface area contributed by atoms with E-state index in [1.54, 1.807) is 24.1 Å². The van der Waals surface area contributed by atoms with Crippen LogP contribution in [-0.2, 0) is 25.6 Å². The number of carbonyl (C=O) groups is 2. The van der Waals surface area contributed by atoms with Gasteiger partial charge in [-0.2, -0.15) is 0 Å². The maximum absolute atomic E-state index is 12.8. The number of furan rings is 1. The lowest BCUT2D eigenvalue weighted by molar-refractivity contribution is -0.183. The molecular weight excluding hydrogens is 352 g/mol. The molecule has 0 radical (unpaired) electrons. The molecule has 1 aromatic rings. The molecule has 1 N–H and O–H groups in total. The molecule has 8 heteroatoms. The van der Waals surface area contributed by atoms with E-state index in [0.717, 1.165) is 25.7 Å². The standard InChI is InChI=1S/C19H28N2O6/c1-24-13-15-6-7-16(27-15)19(23)21-8-3-2-5-14(21)12-20-17(22)11-18-25-9-4-10-26-18/h6-7,14,18H,2-5,8-13H2,1H3,(H,20,22)/t14-/m0/s1. The first kappa shape index (κ1) is 19.9. The second-order valence-electron chi connectivity index (χ2n) is 6.88. The minimum Gasteiger partial charge on any atom is -0.453 e. The van der Waals surface area contributed by atoms with Crippen LogP contribution in [0.1, 0.15) is 48.4 Å². The number of piperidine rings is 1. The Morgan fingerprint density at radius 2 is 2.04 bits per heavy atom. The van der Waals surface area contributed by atoms with Gasteiger partial charge in [-0.3, -0.25) is 9.59 Å². The Kier molecular flexibility index (Phi) is 7.25. The molecule has 0 saturated carbocycles. The van der Waals surface area contributed by atoms with Gasteiger partial charge in [-0.25, -0.2) is 0 Å². The Bertz CT molecular complexity index is 625. The highest BCUT2D eigenvalue weighted by atomic mass is 16.7. The number of methoxy groups -OCH3 is 1. The lowest BCUT2D eigenvalue weighted by Gasteiger charge is -2.35. The van der Waals surface area contributed by atoms with Crippen molar-refractivity contribution in [3.63, 3.8) is 0 Å². The molecule has 1 aromatic heterocycles. The number of amides is 2. The van der Waals surface area contributed by atoms with Crippen molar-refractivity contribution >= 4 is 11.8 Å². The van der Waals surface area contributed by atoms with Gasteiger partial charge in [-0.15, -0.1) is 0 Å². The van der Waals surface area contributed by atoms with Crippen LogP contribution >= 0.6 is 0 Å². The molecule has 2 amide bonds. The van der Waals surface area contributed by atoms with Crippen molar-refractivity contribution in [1.29, 1.82) is 0 Å². The van der Waals surface area contributed by atoms with Crippen LogP contribution in [0.2, 0.25) is 0 Å². The first-order valence-corrected chi connectivity index (χ1v) is 9.56. The first-order chi connectivity index (χ1) is 13.2. The van der Waals surface area contributed by atoms with Crippen molar-refractivity contribution in [2.45, 2.75) is 51.0 Å². The average Bonchev–Trinajstić information content (AvgIpc) is 3.16. The molecule has 150 valence electrons. The lowest BCUT2D eigenvalue weighted by Crippen LogP contribution is -2.49. The van der Waals surface area contributed by atoms with E-state index in [-0.39, 0.29) is 24.3 Å². The predicted molar refractivity (Wildman–Crippen MR) is 96.0 cm³/mol. The molecule has 1 atom stereocenters. The number of rotatable bonds is 7. The van der Waals surface area contributed by atoms with E-state index in [9.17, 15) is 9.59 Å². The topological polar surface area (TPSA) is 90.2 Å². The largest absolute Gasteiger partial charge is 0.453 e. The maximum Gasteiger partial charge on any atom is 0.289 e. The quantitative estimate of drug-likeness (QED) is 0.774. The minimum atomic E-state index is -0.467. The number of nitrogens with one attached hydrogen (secondary N) is 1. The van der Waals surface area contributed by atoms with Crippen molar-refractivity contribution in [1.82, 2.24) is 10.2 Å². The number of likely N-dealkylation sites (tertiary alicyclic amines) is 1. The third-order valence-electron chi connectivity index (χ3n) is 4.83. The van der Waals surface area contributed by atoms with Crippen LogP contribution in [0, 0.1) is 0 Å². The average molecular weight is 380 g/mol. The molecule has 2 aliphatic rings. The van der Waals surface area contributed by atoms with Gasteiger partial charge in [-0.05, 0) is 37.8 Å². The van der Waals surface area contributed by atoms with Crippen molar-refractivity contribution in [2.75, 3.05) is 33.4 Å². The van der Waals surface area contributed by atoms with Crippen molar-refractivity contribution in [3.05, 3.63) is 23.7 Å². The van der Waals surface area contributed by atoms with Gasteiger partial charge in [0.1, 0.15) is 12.4 Å². The molecular formula is C19H28N2O6. The van der Waals surface area contributed by atoms with Crippen LogP contribution in [0.3, 0.4) is 0 Å². The Balaban J connectivity index is 1.52. The fraction of sp³-hybridized carbons (Fsp3) is 0.684. The first-order valence-electron chi connectivity index (χ1n) is 9.56. The van der Waals surface area contributed by atoms with Crippen LogP contribution in [0.25, 0.3) is 0 Å². The minimum absolute atomic E-state index is 0.0423. The van der Waals surface area contributed by atoms with Crippen LogP contribution in [0.15, 0.2) is 16.5 Å². The molecule has 8 nitrogen and oxygen atoms in total. The van der Waals surface area contributed by atoms with Gasteiger partial charge in [0.15, 0.2) is 12.1 Å². The number of carbonyl (C=O) groups excluding carboxylic acids is 2. The van der Waals surface area contributed by atoms with E-state index in [1.807, 2.05) is 0 Å². The SMILES string of the molecule is COCc1ccc(C(=O)N2CCCC[C@H]2CNC(=O)CC2OCCCO2)o1. The van der Waals surface area contributed by atoms with E-state index >= 15 is 0 Å². The Morgan fingerprint density at radius 1 is 1.22 bits per heavy atom. The summed E-state index contributed by atoms with van der Waals surface area (Å²) in [6.07, 6.45) is 3.41. The van der Waals surface area contributed by atoms with E-state index in [0.29, 0.717) is 44.4 Å². The van der Waals surface area contributed by atoms with Gasteiger partial charge in [0.2, 0.25) is 5.91 Å². The summed E-state index contributed by atoms with van der Waals surface area (Å²) in [6.45, 7) is 2.66. The summed E-state index contributed by atoms with van der Waals surface area (Å²) in [5, 5.41) is 2.92. The molecule has 2 aliphatic heterocycles. The molecule has 3 heterocycles. The normalized spacial score (nSPS) is 21.2. The third kappa shape index (κ3) is 5.54. The number of hydrogen-bond acceptors (Lipinski definition) is 6. The van der Waals surface area contributed by atoms with E-state index in [4.69, 9.17) is 18.6 Å². The van der Waals surface area contributed by atoms with Crippen LogP contribution < -0.4 is 5.32 Å². The fourth-order valence-electron chi connectivity index (χ4n) is 3.44. The zero-order chi connectivity index (χ0) is 19.1. The Labute approximate surface area is 159 Å². The van der Waals surface area contributed by atoms with E-state index < -0.39 is 6.29 Å². The zero-order valence-corrected chi connectivity index (χ0v) is 15.8. The molecule has 3 rings (SSSR count). The Morgan fingerprint density at radius 3 is 2.81 bits per heavy atom. The molecule has 0 spiro atoms. The monoisotopic (exact) mass is 380 g/mol. The highest BCUT2D eigenvalue weighted by Crippen LogP contribution is 2.21. The molecule has 0 unspecified atom stereocenters. The highest BCUT2D eigenvalue weighted by Gasteiger charge is 2.30.